The molecule has 0 aliphatic carbocycles. The molecule has 5 nitrogen and oxygen atoms in total. The molecule has 1 heterocycles. The Bertz CT molecular complexity index is 1230. The van der Waals surface area contributed by atoms with Gasteiger partial charge in [-0.25, -0.2) is 0 Å². The van der Waals surface area contributed by atoms with Crippen LogP contribution in [-0.2, 0) is 16.1 Å². The Labute approximate surface area is 192 Å². The second-order valence-electron chi connectivity index (χ2n) is 7.73. The van der Waals surface area contributed by atoms with Crippen LogP contribution < -0.4 is 10.1 Å². The zero-order chi connectivity index (χ0) is 22.8. The number of nitrogens with one attached hydrogen (secondary N) is 1. The smallest absolute Gasteiger partial charge is 0.278 e. The van der Waals surface area contributed by atoms with Crippen LogP contribution in [0.15, 0.2) is 72.4 Å². The van der Waals surface area contributed by atoms with E-state index in [1.54, 1.807) is 25.3 Å². The summed E-state index contributed by atoms with van der Waals surface area (Å²) in [6, 6.07) is 20.1. The number of carbonyl (C=O) groups excluding carboxylic acids is 2. The maximum absolute atomic E-state index is 13.5. The van der Waals surface area contributed by atoms with Crippen molar-refractivity contribution < 1.29 is 14.3 Å². The second-order valence-corrected chi connectivity index (χ2v) is 8.17. The molecular formula is C26H23ClN2O3. The molecule has 0 radical (unpaired) electrons. The van der Waals surface area contributed by atoms with Crippen molar-refractivity contribution in [2.45, 2.75) is 20.4 Å². The summed E-state index contributed by atoms with van der Waals surface area (Å²) in [6.07, 6.45) is 0. The van der Waals surface area contributed by atoms with Gasteiger partial charge >= 0.3 is 0 Å². The van der Waals surface area contributed by atoms with Gasteiger partial charge in [-0.05, 0) is 60.4 Å². The molecule has 0 spiro atoms. The second kappa shape index (κ2) is 8.89. The number of amides is 2. The number of nitrogens with zero attached hydrogens (tertiary/aromatic N) is 1. The van der Waals surface area contributed by atoms with Crippen LogP contribution in [0.25, 0.3) is 5.57 Å². The highest BCUT2D eigenvalue weighted by atomic mass is 35.5. The number of hydrogen-bond donors (Lipinski definition) is 1. The van der Waals surface area contributed by atoms with E-state index in [1.807, 2.05) is 62.4 Å². The molecule has 1 aliphatic rings. The zero-order valence-electron chi connectivity index (χ0n) is 18.1. The predicted molar refractivity (Wildman–Crippen MR) is 126 cm³/mol. The van der Waals surface area contributed by atoms with Crippen molar-refractivity contribution in [2.24, 2.45) is 0 Å². The summed E-state index contributed by atoms with van der Waals surface area (Å²) < 4.78 is 5.29. The molecule has 0 saturated heterocycles. The summed E-state index contributed by atoms with van der Waals surface area (Å²) in [6.45, 7) is 4.16. The van der Waals surface area contributed by atoms with Gasteiger partial charge in [0.1, 0.15) is 11.4 Å². The maximum Gasteiger partial charge on any atom is 0.278 e. The molecular weight excluding hydrogens is 424 g/mol. The normalized spacial score (nSPS) is 13.7. The van der Waals surface area contributed by atoms with Crippen LogP contribution in [0.3, 0.4) is 0 Å². The zero-order valence-corrected chi connectivity index (χ0v) is 18.9. The number of imide groups is 1. The van der Waals surface area contributed by atoms with Gasteiger partial charge in [0.25, 0.3) is 11.8 Å². The first-order valence-electron chi connectivity index (χ1n) is 10.2. The van der Waals surface area contributed by atoms with E-state index in [9.17, 15) is 9.59 Å². The predicted octanol–water partition coefficient (Wildman–Crippen LogP) is 5.36. The lowest BCUT2D eigenvalue weighted by atomic mass is 9.99. The van der Waals surface area contributed by atoms with E-state index in [0.29, 0.717) is 27.6 Å². The summed E-state index contributed by atoms with van der Waals surface area (Å²) in [4.78, 5) is 28.1. The standard InChI is InChI=1S/C26H23ClN2O3/c1-16-7-10-19(13-17(16)2)23-24(28-21-5-4-6-22(14-21)32-3)26(31)29(25(23)30)15-18-8-11-20(27)12-9-18/h4-14,28H,15H2,1-3H3. The fourth-order valence-corrected chi connectivity index (χ4v) is 3.74. The maximum atomic E-state index is 13.5. The highest BCUT2D eigenvalue weighted by Crippen LogP contribution is 2.33. The van der Waals surface area contributed by atoms with E-state index in [-0.39, 0.29) is 24.1 Å². The molecule has 3 aromatic carbocycles. The average molecular weight is 447 g/mol. The van der Waals surface area contributed by atoms with Crippen LogP contribution in [-0.4, -0.2) is 23.8 Å². The lowest BCUT2D eigenvalue weighted by Crippen LogP contribution is -2.32. The molecule has 0 aromatic heterocycles. The Morgan fingerprint density at radius 1 is 0.906 bits per heavy atom. The number of carbonyl (C=O) groups is 2. The van der Waals surface area contributed by atoms with Crippen molar-refractivity contribution in [3.8, 4) is 5.75 Å². The summed E-state index contributed by atoms with van der Waals surface area (Å²) in [7, 11) is 1.58. The van der Waals surface area contributed by atoms with Crippen molar-refractivity contribution in [3.63, 3.8) is 0 Å². The van der Waals surface area contributed by atoms with Crippen LogP contribution in [0.1, 0.15) is 22.3 Å². The molecule has 32 heavy (non-hydrogen) atoms. The van der Waals surface area contributed by atoms with E-state index in [2.05, 4.69) is 5.32 Å². The molecule has 162 valence electrons. The minimum absolute atomic E-state index is 0.159. The number of halogens is 1. The fourth-order valence-electron chi connectivity index (χ4n) is 3.62. The van der Waals surface area contributed by atoms with Gasteiger partial charge in [0.05, 0.1) is 19.2 Å². The number of rotatable bonds is 6. The molecule has 2 amide bonds. The number of methoxy groups -OCH3 is 1. The topological polar surface area (TPSA) is 58.6 Å². The molecule has 0 fully saturated rings. The van der Waals surface area contributed by atoms with E-state index in [1.165, 1.54) is 4.90 Å². The van der Waals surface area contributed by atoms with Crippen LogP contribution in [0, 0.1) is 13.8 Å². The molecule has 0 saturated carbocycles. The van der Waals surface area contributed by atoms with Crippen LogP contribution in [0.2, 0.25) is 5.02 Å². The van der Waals surface area contributed by atoms with Gasteiger partial charge in [0, 0.05) is 16.8 Å². The van der Waals surface area contributed by atoms with Crippen molar-refractivity contribution in [1.29, 1.82) is 0 Å². The molecule has 0 atom stereocenters. The fraction of sp³-hybridized carbons (Fsp3) is 0.154. The van der Waals surface area contributed by atoms with Gasteiger partial charge in [-0.1, -0.05) is 48.0 Å². The molecule has 0 bridgehead atoms. The van der Waals surface area contributed by atoms with Crippen molar-refractivity contribution in [2.75, 3.05) is 12.4 Å². The van der Waals surface area contributed by atoms with Gasteiger partial charge in [0.15, 0.2) is 0 Å². The Morgan fingerprint density at radius 2 is 1.66 bits per heavy atom. The highest BCUT2D eigenvalue weighted by Gasteiger charge is 2.39. The van der Waals surface area contributed by atoms with E-state index < -0.39 is 0 Å². The van der Waals surface area contributed by atoms with E-state index in [0.717, 1.165) is 16.7 Å². The SMILES string of the molecule is COc1cccc(NC2=C(c3ccc(C)c(C)c3)C(=O)N(Cc3ccc(Cl)cc3)C2=O)c1. The lowest BCUT2D eigenvalue weighted by molar-refractivity contribution is -0.137. The summed E-state index contributed by atoms with van der Waals surface area (Å²) >= 11 is 5.98. The monoisotopic (exact) mass is 446 g/mol. The lowest BCUT2D eigenvalue weighted by Gasteiger charge is -2.15. The van der Waals surface area contributed by atoms with E-state index in [4.69, 9.17) is 16.3 Å². The molecule has 1 aliphatic heterocycles. The Morgan fingerprint density at radius 3 is 2.34 bits per heavy atom. The first kappa shape index (κ1) is 21.7. The van der Waals surface area contributed by atoms with E-state index >= 15 is 0 Å². The summed E-state index contributed by atoms with van der Waals surface area (Å²) in [5.41, 5.74) is 4.96. The van der Waals surface area contributed by atoms with Crippen molar-refractivity contribution in [3.05, 3.63) is 99.7 Å². The Hall–Kier alpha value is -3.57. The molecule has 3 aromatic rings. The summed E-state index contributed by atoms with van der Waals surface area (Å²) in [5, 5.41) is 3.77. The Kier molecular flexibility index (Phi) is 6.01. The average Bonchev–Trinajstić information content (AvgIpc) is 3.01. The first-order valence-corrected chi connectivity index (χ1v) is 10.6. The number of anilines is 1. The van der Waals surface area contributed by atoms with Gasteiger partial charge in [0.2, 0.25) is 0 Å². The molecule has 1 N–H and O–H groups in total. The first-order chi connectivity index (χ1) is 15.4. The van der Waals surface area contributed by atoms with Crippen LogP contribution >= 0.6 is 11.6 Å². The third-order valence-corrected chi connectivity index (χ3v) is 5.81. The number of hydrogen-bond acceptors (Lipinski definition) is 4. The number of aryl methyl sites for hydroxylation is 2. The van der Waals surface area contributed by atoms with Gasteiger partial charge < -0.3 is 10.1 Å². The molecule has 0 unspecified atom stereocenters. The highest BCUT2D eigenvalue weighted by molar-refractivity contribution is 6.36. The summed E-state index contributed by atoms with van der Waals surface area (Å²) in [5.74, 6) is -0.0577. The third-order valence-electron chi connectivity index (χ3n) is 5.56. The van der Waals surface area contributed by atoms with Crippen LogP contribution in [0.4, 0.5) is 5.69 Å². The largest absolute Gasteiger partial charge is 0.497 e. The number of benzene rings is 3. The van der Waals surface area contributed by atoms with Crippen molar-refractivity contribution in [1.82, 2.24) is 4.90 Å². The van der Waals surface area contributed by atoms with Crippen LogP contribution in [0.5, 0.6) is 5.75 Å². The third kappa shape index (κ3) is 4.25. The minimum atomic E-state index is -0.374. The minimum Gasteiger partial charge on any atom is -0.497 e. The quantitative estimate of drug-likeness (QED) is 0.518. The Balaban J connectivity index is 1.76. The molecule has 4 rings (SSSR count). The van der Waals surface area contributed by atoms with Gasteiger partial charge in [-0.3, -0.25) is 14.5 Å². The van der Waals surface area contributed by atoms with Crippen molar-refractivity contribution >= 4 is 34.7 Å². The number of ether oxygens (including phenoxy) is 1. The van der Waals surface area contributed by atoms with Gasteiger partial charge in [-0.15, -0.1) is 0 Å². The molecule has 6 heteroatoms. The van der Waals surface area contributed by atoms with Gasteiger partial charge in [-0.2, -0.15) is 0 Å².